The first-order valence-electron chi connectivity index (χ1n) is 9.67. The van der Waals surface area contributed by atoms with Crippen LogP contribution in [0.1, 0.15) is 24.1 Å². The van der Waals surface area contributed by atoms with Crippen molar-refractivity contribution >= 4 is 38.9 Å². The Labute approximate surface area is 174 Å². The number of rotatable bonds is 6. The van der Waals surface area contributed by atoms with Gasteiger partial charge in [0.05, 0.1) is 12.5 Å². The minimum Gasteiger partial charge on any atom is -0.351 e. The standard InChI is InChI=1S/C20H23N3O4S2/c24-18-12-15(14-23(18)16-6-2-1-3-7-16)20(25)21-13-17-8-9-19(28-17)29(26,27)22-10-4-5-11-22/h1-3,6-9,15H,4-5,10-14H2,(H,21,25)/t15-/m0/s1. The lowest BCUT2D eigenvalue weighted by atomic mass is 10.1. The van der Waals surface area contributed by atoms with E-state index < -0.39 is 15.9 Å². The van der Waals surface area contributed by atoms with Crippen LogP contribution in [0.2, 0.25) is 0 Å². The quantitative estimate of drug-likeness (QED) is 0.757. The van der Waals surface area contributed by atoms with E-state index in [0.29, 0.717) is 23.8 Å². The first-order valence-corrected chi connectivity index (χ1v) is 11.9. The molecule has 0 saturated carbocycles. The van der Waals surface area contributed by atoms with Crippen LogP contribution in [0.15, 0.2) is 46.7 Å². The molecule has 1 aromatic carbocycles. The molecule has 3 heterocycles. The van der Waals surface area contributed by atoms with Crippen molar-refractivity contribution in [3.63, 3.8) is 0 Å². The van der Waals surface area contributed by atoms with Gasteiger partial charge in [0.2, 0.25) is 11.8 Å². The van der Waals surface area contributed by atoms with E-state index in [4.69, 9.17) is 0 Å². The van der Waals surface area contributed by atoms with E-state index in [1.807, 2.05) is 30.3 Å². The summed E-state index contributed by atoms with van der Waals surface area (Å²) >= 11 is 1.19. The highest BCUT2D eigenvalue weighted by atomic mass is 32.2. The number of para-hydroxylation sites is 1. The molecule has 2 saturated heterocycles. The summed E-state index contributed by atoms with van der Waals surface area (Å²) in [5.41, 5.74) is 0.794. The van der Waals surface area contributed by atoms with E-state index in [1.54, 1.807) is 17.0 Å². The lowest BCUT2D eigenvalue weighted by Crippen LogP contribution is -2.32. The maximum Gasteiger partial charge on any atom is 0.252 e. The third kappa shape index (κ3) is 4.22. The number of benzene rings is 1. The molecule has 2 amide bonds. The Balaban J connectivity index is 1.35. The predicted molar refractivity (Wildman–Crippen MR) is 111 cm³/mol. The van der Waals surface area contributed by atoms with E-state index in [0.717, 1.165) is 23.4 Å². The normalized spacial score (nSPS) is 20.3. The minimum absolute atomic E-state index is 0.0635. The maximum absolute atomic E-state index is 12.6. The summed E-state index contributed by atoms with van der Waals surface area (Å²) in [4.78, 5) is 27.2. The molecule has 0 spiro atoms. The lowest BCUT2D eigenvalue weighted by molar-refractivity contribution is -0.126. The van der Waals surface area contributed by atoms with Crippen LogP contribution in [0.3, 0.4) is 0 Å². The summed E-state index contributed by atoms with van der Waals surface area (Å²) in [6.45, 7) is 1.75. The number of amides is 2. The van der Waals surface area contributed by atoms with Gasteiger partial charge in [0.15, 0.2) is 0 Å². The second kappa shape index (κ2) is 8.25. The number of nitrogens with one attached hydrogen (secondary N) is 1. The molecule has 0 radical (unpaired) electrons. The van der Waals surface area contributed by atoms with E-state index in [9.17, 15) is 18.0 Å². The summed E-state index contributed by atoms with van der Waals surface area (Å²) in [6, 6.07) is 12.7. The summed E-state index contributed by atoms with van der Waals surface area (Å²) in [5.74, 6) is -0.656. The molecular weight excluding hydrogens is 410 g/mol. The van der Waals surface area contributed by atoms with Crippen molar-refractivity contribution in [2.45, 2.75) is 30.0 Å². The SMILES string of the molecule is O=C(NCc1ccc(S(=O)(=O)N2CCCC2)s1)[C@H]1CC(=O)N(c2ccccc2)C1. The fourth-order valence-electron chi connectivity index (χ4n) is 3.71. The Morgan fingerprint density at radius 2 is 1.83 bits per heavy atom. The van der Waals surface area contributed by atoms with Gasteiger partial charge in [-0.05, 0) is 37.1 Å². The summed E-state index contributed by atoms with van der Waals surface area (Å²) < 4.78 is 27.0. The van der Waals surface area contributed by atoms with Crippen LogP contribution in [-0.4, -0.2) is 44.2 Å². The second-order valence-electron chi connectivity index (χ2n) is 7.29. The van der Waals surface area contributed by atoms with E-state index in [2.05, 4.69) is 5.32 Å². The Morgan fingerprint density at radius 3 is 2.55 bits per heavy atom. The number of carbonyl (C=O) groups is 2. The Hall–Kier alpha value is -2.23. The third-order valence-electron chi connectivity index (χ3n) is 5.30. The van der Waals surface area contributed by atoms with Crippen molar-refractivity contribution in [1.29, 1.82) is 0 Å². The number of thiophene rings is 1. The van der Waals surface area contributed by atoms with Gasteiger partial charge in [0, 0.05) is 36.6 Å². The molecular formula is C20H23N3O4S2. The van der Waals surface area contributed by atoms with Gasteiger partial charge in [-0.1, -0.05) is 18.2 Å². The van der Waals surface area contributed by atoms with Crippen LogP contribution in [-0.2, 0) is 26.2 Å². The average Bonchev–Trinajstić information content (AvgIpc) is 3.47. The minimum atomic E-state index is -3.43. The fourth-order valence-corrected chi connectivity index (χ4v) is 6.67. The lowest BCUT2D eigenvalue weighted by Gasteiger charge is -2.16. The van der Waals surface area contributed by atoms with Gasteiger partial charge in [0.25, 0.3) is 10.0 Å². The molecule has 0 unspecified atom stereocenters. The average molecular weight is 434 g/mol. The third-order valence-corrected chi connectivity index (χ3v) is 8.75. The molecule has 7 nitrogen and oxygen atoms in total. The van der Waals surface area contributed by atoms with Crippen molar-refractivity contribution in [2.24, 2.45) is 5.92 Å². The molecule has 154 valence electrons. The highest BCUT2D eigenvalue weighted by Gasteiger charge is 2.35. The van der Waals surface area contributed by atoms with Gasteiger partial charge >= 0.3 is 0 Å². The zero-order chi connectivity index (χ0) is 20.4. The van der Waals surface area contributed by atoms with E-state index >= 15 is 0 Å². The zero-order valence-electron chi connectivity index (χ0n) is 15.9. The molecule has 2 aliphatic heterocycles. The fraction of sp³-hybridized carbons (Fsp3) is 0.400. The topological polar surface area (TPSA) is 86.8 Å². The molecule has 4 rings (SSSR count). The van der Waals surface area contributed by atoms with Gasteiger partial charge in [0.1, 0.15) is 4.21 Å². The van der Waals surface area contributed by atoms with Crippen LogP contribution < -0.4 is 10.2 Å². The van der Waals surface area contributed by atoms with Crippen molar-refractivity contribution < 1.29 is 18.0 Å². The number of hydrogen-bond acceptors (Lipinski definition) is 5. The van der Waals surface area contributed by atoms with Crippen LogP contribution in [0.4, 0.5) is 5.69 Å². The number of hydrogen-bond donors (Lipinski definition) is 1. The maximum atomic E-state index is 12.6. The van der Waals surface area contributed by atoms with E-state index in [1.165, 1.54) is 15.6 Å². The second-order valence-corrected chi connectivity index (χ2v) is 10.6. The Bertz CT molecular complexity index is 998. The Kier molecular flexibility index (Phi) is 5.71. The molecule has 29 heavy (non-hydrogen) atoms. The smallest absolute Gasteiger partial charge is 0.252 e. The summed E-state index contributed by atoms with van der Waals surface area (Å²) in [5, 5.41) is 2.85. The number of carbonyl (C=O) groups excluding carboxylic acids is 2. The van der Waals surface area contributed by atoms with Gasteiger partial charge in [-0.15, -0.1) is 11.3 Å². The monoisotopic (exact) mass is 433 g/mol. The van der Waals surface area contributed by atoms with Crippen molar-refractivity contribution in [2.75, 3.05) is 24.5 Å². The molecule has 2 aromatic rings. The summed E-state index contributed by atoms with van der Waals surface area (Å²) in [7, 11) is -3.43. The molecule has 0 aliphatic carbocycles. The predicted octanol–water partition coefficient (Wildman–Crippen LogP) is 2.20. The van der Waals surface area contributed by atoms with Crippen molar-refractivity contribution in [3.05, 3.63) is 47.3 Å². The first-order chi connectivity index (χ1) is 13.9. The van der Waals surface area contributed by atoms with Gasteiger partial charge < -0.3 is 10.2 Å². The highest BCUT2D eigenvalue weighted by Crippen LogP contribution is 2.28. The molecule has 9 heteroatoms. The number of nitrogens with zero attached hydrogens (tertiary/aromatic N) is 2. The van der Waals surface area contributed by atoms with Crippen molar-refractivity contribution in [1.82, 2.24) is 9.62 Å². The van der Waals surface area contributed by atoms with Gasteiger partial charge in [-0.25, -0.2) is 8.42 Å². The van der Waals surface area contributed by atoms with Crippen LogP contribution >= 0.6 is 11.3 Å². The first kappa shape index (κ1) is 20.1. The highest BCUT2D eigenvalue weighted by molar-refractivity contribution is 7.91. The number of anilines is 1. The molecule has 2 fully saturated rings. The summed E-state index contributed by atoms with van der Waals surface area (Å²) in [6.07, 6.45) is 1.97. The molecule has 0 bridgehead atoms. The van der Waals surface area contributed by atoms with Crippen LogP contribution in [0.25, 0.3) is 0 Å². The molecule has 1 aromatic heterocycles. The van der Waals surface area contributed by atoms with E-state index in [-0.39, 0.29) is 24.8 Å². The Morgan fingerprint density at radius 1 is 1.10 bits per heavy atom. The van der Waals surface area contributed by atoms with Gasteiger partial charge in [-0.2, -0.15) is 4.31 Å². The van der Waals surface area contributed by atoms with Crippen LogP contribution in [0.5, 0.6) is 0 Å². The van der Waals surface area contributed by atoms with Crippen molar-refractivity contribution in [3.8, 4) is 0 Å². The zero-order valence-corrected chi connectivity index (χ0v) is 17.5. The molecule has 1 N–H and O–H groups in total. The number of sulfonamides is 1. The largest absolute Gasteiger partial charge is 0.351 e. The van der Waals surface area contributed by atoms with Crippen LogP contribution in [0, 0.1) is 5.92 Å². The van der Waals surface area contributed by atoms with Gasteiger partial charge in [-0.3, -0.25) is 9.59 Å². The molecule has 1 atom stereocenters. The molecule has 2 aliphatic rings.